The third kappa shape index (κ3) is 2.08. The maximum atomic E-state index is 4.45. The summed E-state index contributed by atoms with van der Waals surface area (Å²) in [5, 5.41) is 2.09. The van der Waals surface area contributed by atoms with Crippen LogP contribution >= 0.6 is 27.5 Å². The van der Waals surface area contributed by atoms with Gasteiger partial charge in [-0.15, -0.1) is 0 Å². The lowest BCUT2D eigenvalue weighted by Crippen LogP contribution is -2.41. The average Bonchev–Trinajstić information content (AvgIpc) is 2.48. The van der Waals surface area contributed by atoms with Crippen LogP contribution in [0.2, 0.25) is 0 Å². The summed E-state index contributed by atoms with van der Waals surface area (Å²) in [6.45, 7) is 2.99. The van der Waals surface area contributed by atoms with Gasteiger partial charge in [-0.05, 0) is 26.2 Å². The van der Waals surface area contributed by atoms with Gasteiger partial charge in [0.05, 0.1) is 0 Å². The molecule has 2 rings (SSSR count). The zero-order valence-electron chi connectivity index (χ0n) is 8.24. The number of nitrogens with zero attached hydrogens (tertiary/aromatic N) is 3. The van der Waals surface area contributed by atoms with E-state index in [2.05, 4.69) is 30.2 Å². The molecule has 1 heterocycles. The van der Waals surface area contributed by atoms with E-state index in [0.29, 0.717) is 6.04 Å². The molecule has 0 unspecified atom stereocenters. The van der Waals surface area contributed by atoms with Crippen molar-refractivity contribution >= 4 is 32.6 Å². The molecule has 1 saturated carbocycles. The smallest absolute Gasteiger partial charge is 0.205 e. The second kappa shape index (κ2) is 4.57. The molecule has 5 heteroatoms. The van der Waals surface area contributed by atoms with Gasteiger partial charge in [0.25, 0.3) is 0 Å². The van der Waals surface area contributed by atoms with Gasteiger partial charge in [0.1, 0.15) is 5.82 Å². The number of halogens is 1. The molecule has 0 aromatic carbocycles. The predicted molar refractivity (Wildman–Crippen MR) is 63.4 cm³/mol. The Kier molecular flexibility index (Phi) is 3.38. The first-order chi connectivity index (χ1) is 6.81. The van der Waals surface area contributed by atoms with E-state index in [9.17, 15) is 0 Å². The fourth-order valence-electron chi connectivity index (χ4n) is 1.63. The topological polar surface area (TPSA) is 29.0 Å². The van der Waals surface area contributed by atoms with Gasteiger partial charge in [-0.25, -0.2) is 4.98 Å². The van der Waals surface area contributed by atoms with Crippen LogP contribution in [0.4, 0.5) is 5.13 Å². The van der Waals surface area contributed by atoms with Crippen LogP contribution in [0.25, 0.3) is 0 Å². The molecule has 0 aliphatic heterocycles. The molecule has 3 nitrogen and oxygen atoms in total. The SMILES string of the molecule is Cc1nsc(N(CCBr)C2CCC2)n1. The third-order valence-electron chi connectivity index (χ3n) is 2.60. The van der Waals surface area contributed by atoms with Crippen LogP contribution in [0.15, 0.2) is 0 Å². The maximum Gasteiger partial charge on any atom is 0.205 e. The van der Waals surface area contributed by atoms with E-state index >= 15 is 0 Å². The third-order valence-corrected chi connectivity index (χ3v) is 3.80. The van der Waals surface area contributed by atoms with Crippen LogP contribution in [0.3, 0.4) is 0 Å². The van der Waals surface area contributed by atoms with Crippen LogP contribution in [0.5, 0.6) is 0 Å². The molecule has 0 bridgehead atoms. The Labute approximate surface area is 96.8 Å². The van der Waals surface area contributed by atoms with Crippen LogP contribution in [-0.2, 0) is 0 Å². The van der Waals surface area contributed by atoms with Gasteiger partial charge in [0.15, 0.2) is 0 Å². The molecule has 0 radical (unpaired) electrons. The Morgan fingerprint density at radius 3 is 2.79 bits per heavy atom. The maximum absolute atomic E-state index is 4.45. The van der Waals surface area contributed by atoms with Gasteiger partial charge in [-0.1, -0.05) is 15.9 Å². The first-order valence-electron chi connectivity index (χ1n) is 4.94. The highest BCUT2D eigenvalue weighted by Crippen LogP contribution is 2.30. The second-order valence-electron chi connectivity index (χ2n) is 3.59. The lowest BCUT2D eigenvalue weighted by atomic mass is 9.92. The zero-order valence-corrected chi connectivity index (χ0v) is 10.6. The van der Waals surface area contributed by atoms with Gasteiger partial charge in [0.2, 0.25) is 5.13 Å². The minimum Gasteiger partial charge on any atom is -0.343 e. The highest BCUT2D eigenvalue weighted by Gasteiger charge is 2.26. The molecule has 14 heavy (non-hydrogen) atoms. The Bertz CT molecular complexity index is 298. The molecule has 1 aromatic rings. The number of aromatic nitrogens is 2. The summed E-state index contributed by atoms with van der Waals surface area (Å²) in [5.41, 5.74) is 0. The lowest BCUT2D eigenvalue weighted by Gasteiger charge is -2.36. The normalized spacial score (nSPS) is 16.7. The lowest BCUT2D eigenvalue weighted by molar-refractivity contribution is 0.391. The summed E-state index contributed by atoms with van der Waals surface area (Å²) in [4.78, 5) is 6.84. The Balaban J connectivity index is 2.09. The van der Waals surface area contributed by atoms with Crippen LogP contribution in [-0.4, -0.2) is 27.3 Å². The number of hydrogen-bond donors (Lipinski definition) is 0. The van der Waals surface area contributed by atoms with Gasteiger partial charge >= 0.3 is 0 Å². The number of hydrogen-bond acceptors (Lipinski definition) is 4. The summed E-state index contributed by atoms with van der Waals surface area (Å²) in [5.74, 6) is 0.892. The van der Waals surface area contributed by atoms with Gasteiger partial charge < -0.3 is 4.90 Å². The highest BCUT2D eigenvalue weighted by atomic mass is 79.9. The summed E-state index contributed by atoms with van der Waals surface area (Å²) in [6.07, 6.45) is 3.98. The van der Waals surface area contributed by atoms with Crippen molar-refractivity contribution in [3.8, 4) is 0 Å². The number of anilines is 1. The molecular formula is C9H14BrN3S. The molecule has 1 fully saturated rings. The van der Waals surface area contributed by atoms with Crippen molar-refractivity contribution in [2.45, 2.75) is 32.2 Å². The number of alkyl halides is 1. The first kappa shape index (κ1) is 10.4. The molecule has 78 valence electrons. The van der Waals surface area contributed by atoms with E-state index in [1.54, 1.807) is 0 Å². The molecule has 0 N–H and O–H groups in total. The van der Waals surface area contributed by atoms with Crippen molar-refractivity contribution in [3.63, 3.8) is 0 Å². The quantitative estimate of drug-likeness (QED) is 0.791. The van der Waals surface area contributed by atoms with E-state index < -0.39 is 0 Å². The van der Waals surface area contributed by atoms with Crippen molar-refractivity contribution in [1.82, 2.24) is 9.36 Å². The first-order valence-corrected chi connectivity index (χ1v) is 6.83. The summed E-state index contributed by atoms with van der Waals surface area (Å²) >= 11 is 5.01. The van der Waals surface area contributed by atoms with Gasteiger partial charge in [0, 0.05) is 29.4 Å². The monoisotopic (exact) mass is 275 g/mol. The summed E-state index contributed by atoms with van der Waals surface area (Å²) in [6, 6.07) is 0.708. The Morgan fingerprint density at radius 2 is 2.36 bits per heavy atom. The zero-order chi connectivity index (χ0) is 9.97. The van der Waals surface area contributed by atoms with Crippen LogP contribution < -0.4 is 4.90 Å². The fraction of sp³-hybridized carbons (Fsp3) is 0.778. The van der Waals surface area contributed by atoms with E-state index in [1.165, 1.54) is 30.8 Å². The highest BCUT2D eigenvalue weighted by molar-refractivity contribution is 9.09. The van der Waals surface area contributed by atoms with Crippen molar-refractivity contribution in [3.05, 3.63) is 5.82 Å². The van der Waals surface area contributed by atoms with Crippen LogP contribution in [0, 0.1) is 6.92 Å². The predicted octanol–water partition coefficient (Wildman–Crippen LogP) is 2.60. The molecule has 0 saturated heterocycles. The van der Waals surface area contributed by atoms with Crippen molar-refractivity contribution < 1.29 is 0 Å². The Hall–Kier alpha value is -0.160. The second-order valence-corrected chi connectivity index (χ2v) is 5.11. The van der Waals surface area contributed by atoms with E-state index in [4.69, 9.17) is 0 Å². The molecule has 1 aliphatic rings. The molecule has 1 aliphatic carbocycles. The number of aryl methyl sites for hydroxylation is 1. The summed E-state index contributed by atoms with van der Waals surface area (Å²) in [7, 11) is 0. The molecule has 1 aromatic heterocycles. The minimum atomic E-state index is 0.708. The molecular weight excluding hydrogens is 262 g/mol. The standard InChI is InChI=1S/C9H14BrN3S/c1-7-11-9(14-12-7)13(6-5-10)8-3-2-4-8/h8H,2-6H2,1H3. The summed E-state index contributed by atoms with van der Waals surface area (Å²) < 4.78 is 4.23. The fourth-order valence-corrected chi connectivity index (χ4v) is 2.78. The van der Waals surface area contributed by atoms with E-state index in [1.807, 2.05) is 6.92 Å². The number of rotatable bonds is 4. The molecule has 0 atom stereocenters. The van der Waals surface area contributed by atoms with Crippen LogP contribution in [0.1, 0.15) is 25.1 Å². The minimum absolute atomic E-state index is 0.708. The molecule has 0 spiro atoms. The van der Waals surface area contributed by atoms with Gasteiger partial charge in [-0.2, -0.15) is 4.37 Å². The van der Waals surface area contributed by atoms with E-state index in [-0.39, 0.29) is 0 Å². The van der Waals surface area contributed by atoms with Crippen molar-refractivity contribution in [1.29, 1.82) is 0 Å². The van der Waals surface area contributed by atoms with E-state index in [0.717, 1.165) is 22.8 Å². The largest absolute Gasteiger partial charge is 0.343 e. The van der Waals surface area contributed by atoms with Crippen molar-refractivity contribution in [2.24, 2.45) is 0 Å². The Morgan fingerprint density at radius 1 is 1.57 bits per heavy atom. The van der Waals surface area contributed by atoms with Gasteiger partial charge in [-0.3, -0.25) is 0 Å². The van der Waals surface area contributed by atoms with Crippen molar-refractivity contribution in [2.75, 3.05) is 16.8 Å². The molecule has 0 amide bonds. The average molecular weight is 276 g/mol.